The molecule has 0 aliphatic heterocycles. The molecule has 0 heterocycles. The summed E-state index contributed by atoms with van der Waals surface area (Å²) < 4.78 is 5.45. The van der Waals surface area contributed by atoms with E-state index in [0.29, 0.717) is 23.5 Å². The van der Waals surface area contributed by atoms with Gasteiger partial charge in [0.15, 0.2) is 0 Å². The molecule has 0 bridgehead atoms. The van der Waals surface area contributed by atoms with Crippen molar-refractivity contribution in [2.45, 2.75) is 66.4 Å². The second kappa shape index (κ2) is 6.55. The van der Waals surface area contributed by atoms with Crippen molar-refractivity contribution in [2.24, 2.45) is 29.1 Å². The van der Waals surface area contributed by atoms with Crippen molar-refractivity contribution in [3.05, 3.63) is 23.8 Å². The van der Waals surface area contributed by atoms with Gasteiger partial charge in [-0.05, 0) is 51.4 Å². The maximum Gasteiger partial charge on any atom is 0.137 e. The van der Waals surface area contributed by atoms with Crippen molar-refractivity contribution in [3.63, 3.8) is 0 Å². The lowest BCUT2D eigenvalue weighted by Gasteiger charge is -2.49. The second-order valence-corrected chi connectivity index (χ2v) is 8.49. The molecule has 2 heteroatoms. The highest BCUT2D eigenvalue weighted by atomic mass is 16.5. The highest BCUT2D eigenvalue weighted by Crippen LogP contribution is 2.61. The summed E-state index contributed by atoms with van der Waals surface area (Å²) in [5, 5.41) is 0. The summed E-state index contributed by atoms with van der Waals surface area (Å²) in [7, 11) is 1.73. The SMILES string of the molecule is COC(C)(C)/C=C/C=C(\C)[C@@]12CC[C@@H](C)[C@@H]1C(=O)C[C@H](C)[C@H]2C. The van der Waals surface area contributed by atoms with Crippen molar-refractivity contribution in [3.8, 4) is 0 Å². The Morgan fingerprint density at radius 3 is 2.52 bits per heavy atom. The van der Waals surface area contributed by atoms with E-state index < -0.39 is 0 Å². The Kier molecular flexibility index (Phi) is 5.25. The summed E-state index contributed by atoms with van der Waals surface area (Å²) in [6.45, 7) is 13.2. The third-order valence-electron chi connectivity index (χ3n) is 6.78. The summed E-state index contributed by atoms with van der Waals surface area (Å²) in [5.41, 5.74) is 1.19. The van der Waals surface area contributed by atoms with E-state index in [1.165, 1.54) is 12.0 Å². The molecule has 0 radical (unpaired) electrons. The normalized spacial score (nSPS) is 39.1. The predicted molar refractivity (Wildman–Crippen MR) is 96.3 cm³/mol. The van der Waals surface area contributed by atoms with Crippen LogP contribution >= 0.6 is 0 Å². The zero-order valence-corrected chi connectivity index (χ0v) is 16.0. The molecule has 0 aromatic rings. The van der Waals surface area contributed by atoms with Gasteiger partial charge in [0.1, 0.15) is 5.78 Å². The Morgan fingerprint density at radius 2 is 1.91 bits per heavy atom. The van der Waals surface area contributed by atoms with Gasteiger partial charge in [-0.3, -0.25) is 4.79 Å². The minimum atomic E-state index is -0.252. The van der Waals surface area contributed by atoms with Crippen LogP contribution in [0.1, 0.15) is 60.8 Å². The largest absolute Gasteiger partial charge is 0.375 e. The molecule has 0 aromatic carbocycles. The third-order valence-corrected chi connectivity index (χ3v) is 6.78. The molecule has 0 spiro atoms. The molecule has 0 unspecified atom stereocenters. The van der Waals surface area contributed by atoms with Crippen LogP contribution in [0.3, 0.4) is 0 Å². The lowest BCUT2D eigenvalue weighted by Crippen LogP contribution is -2.47. The van der Waals surface area contributed by atoms with E-state index in [0.717, 1.165) is 12.8 Å². The average Bonchev–Trinajstić information content (AvgIpc) is 2.84. The van der Waals surface area contributed by atoms with E-state index in [2.05, 4.69) is 59.8 Å². The monoisotopic (exact) mass is 318 g/mol. The Hall–Kier alpha value is -0.890. The highest BCUT2D eigenvalue weighted by molar-refractivity contribution is 5.84. The Morgan fingerprint density at radius 1 is 1.26 bits per heavy atom. The Balaban J connectivity index is 2.37. The number of ether oxygens (including phenoxy) is 1. The van der Waals surface area contributed by atoms with E-state index in [9.17, 15) is 4.79 Å². The summed E-state index contributed by atoms with van der Waals surface area (Å²) in [4.78, 5) is 12.8. The van der Waals surface area contributed by atoms with Crippen LogP contribution < -0.4 is 0 Å². The Labute approximate surface area is 142 Å². The number of carbonyl (C=O) groups excluding carboxylic acids is 1. The van der Waals surface area contributed by atoms with E-state index in [1.54, 1.807) is 7.11 Å². The van der Waals surface area contributed by atoms with Crippen LogP contribution in [0.5, 0.6) is 0 Å². The molecule has 130 valence electrons. The van der Waals surface area contributed by atoms with Gasteiger partial charge >= 0.3 is 0 Å². The van der Waals surface area contributed by atoms with E-state index in [-0.39, 0.29) is 16.9 Å². The van der Waals surface area contributed by atoms with Crippen LogP contribution in [0.25, 0.3) is 0 Å². The van der Waals surface area contributed by atoms with Gasteiger partial charge in [0.2, 0.25) is 0 Å². The fraction of sp³-hybridized carbons (Fsp3) is 0.762. The first kappa shape index (κ1) is 18.4. The summed E-state index contributed by atoms with van der Waals surface area (Å²) in [6.07, 6.45) is 9.53. The number of allylic oxidation sites excluding steroid dienone is 3. The number of ketones is 1. The first-order chi connectivity index (χ1) is 10.7. The van der Waals surface area contributed by atoms with Crippen LogP contribution in [0.2, 0.25) is 0 Å². The molecular weight excluding hydrogens is 284 g/mol. The van der Waals surface area contributed by atoms with Gasteiger partial charge in [-0.25, -0.2) is 0 Å². The lowest BCUT2D eigenvalue weighted by molar-refractivity contribution is -0.134. The number of rotatable bonds is 4. The lowest BCUT2D eigenvalue weighted by atomic mass is 9.54. The molecule has 0 amide bonds. The number of carbonyl (C=O) groups is 1. The second-order valence-electron chi connectivity index (χ2n) is 8.49. The van der Waals surface area contributed by atoms with Gasteiger partial charge in [0.25, 0.3) is 0 Å². The van der Waals surface area contributed by atoms with E-state index in [4.69, 9.17) is 4.74 Å². The number of hydrogen-bond acceptors (Lipinski definition) is 2. The zero-order valence-electron chi connectivity index (χ0n) is 16.0. The zero-order chi connectivity index (χ0) is 17.4. The summed E-state index contributed by atoms with van der Waals surface area (Å²) in [6, 6.07) is 0. The van der Waals surface area contributed by atoms with E-state index in [1.807, 2.05) is 0 Å². The standard InChI is InChI=1S/C21H34O2/c1-14-10-12-21(16(3)9-8-11-20(5,6)23-7)17(4)15(2)13-18(22)19(14)21/h8-9,11,14-15,17,19H,10,12-13H2,1-7H3/b11-8+,16-9+/t14-,15+,17-,19-,21-/m1/s1. The molecule has 2 aliphatic carbocycles. The van der Waals surface area contributed by atoms with Gasteiger partial charge in [0.05, 0.1) is 5.60 Å². The fourth-order valence-corrected chi connectivity index (χ4v) is 4.99. The minimum Gasteiger partial charge on any atom is -0.375 e. The molecule has 2 rings (SSSR count). The highest BCUT2D eigenvalue weighted by Gasteiger charge is 2.57. The van der Waals surface area contributed by atoms with Gasteiger partial charge in [-0.15, -0.1) is 0 Å². The van der Waals surface area contributed by atoms with Crippen molar-refractivity contribution in [1.29, 1.82) is 0 Å². The maximum atomic E-state index is 12.8. The quantitative estimate of drug-likeness (QED) is 0.667. The molecular formula is C21H34O2. The van der Waals surface area contributed by atoms with Crippen molar-refractivity contribution >= 4 is 5.78 Å². The smallest absolute Gasteiger partial charge is 0.137 e. The predicted octanol–water partition coefficient (Wildman–Crippen LogP) is 5.19. The van der Waals surface area contributed by atoms with Crippen LogP contribution in [-0.2, 0) is 9.53 Å². The number of fused-ring (bicyclic) bond motifs is 1. The van der Waals surface area contributed by atoms with Gasteiger partial charge in [-0.1, -0.05) is 44.6 Å². The van der Waals surface area contributed by atoms with Crippen LogP contribution in [0, 0.1) is 29.1 Å². The maximum absolute atomic E-state index is 12.8. The third kappa shape index (κ3) is 3.20. The van der Waals surface area contributed by atoms with Crippen LogP contribution in [0.15, 0.2) is 23.8 Å². The van der Waals surface area contributed by atoms with Crippen LogP contribution in [0.4, 0.5) is 0 Å². The number of hydrogen-bond donors (Lipinski definition) is 0. The average molecular weight is 319 g/mol. The van der Waals surface area contributed by atoms with Crippen molar-refractivity contribution in [2.75, 3.05) is 7.11 Å². The first-order valence-corrected chi connectivity index (χ1v) is 9.10. The summed E-state index contributed by atoms with van der Waals surface area (Å²) in [5.74, 6) is 2.27. The molecule has 0 aromatic heterocycles. The molecule has 2 fully saturated rings. The number of Topliss-reactive ketones (excluding diaryl/α,β-unsaturated/α-hetero) is 1. The molecule has 0 saturated heterocycles. The van der Waals surface area contributed by atoms with Crippen LogP contribution in [-0.4, -0.2) is 18.5 Å². The van der Waals surface area contributed by atoms with E-state index >= 15 is 0 Å². The molecule has 2 aliphatic rings. The van der Waals surface area contributed by atoms with Crippen molar-refractivity contribution < 1.29 is 9.53 Å². The number of methoxy groups -OCH3 is 1. The molecule has 5 atom stereocenters. The summed E-state index contributed by atoms with van der Waals surface area (Å²) >= 11 is 0. The van der Waals surface area contributed by atoms with Gasteiger partial charge < -0.3 is 4.74 Å². The molecule has 0 N–H and O–H groups in total. The molecule has 2 nitrogen and oxygen atoms in total. The molecule has 23 heavy (non-hydrogen) atoms. The van der Waals surface area contributed by atoms with Gasteiger partial charge in [0, 0.05) is 24.9 Å². The topological polar surface area (TPSA) is 26.3 Å². The minimum absolute atomic E-state index is 0.0652. The Bertz CT molecular complexity index is 514. The fourth-order valence-electron chi connectivity index (χ4n) is 4.99. The van der Waals surface area contributed by atoms with Gasteiger partial charge in [-0.2, -0.15) is 0 Å². The molecule has 2 saturated carbocycles. The first-order valence-electron chi connectivity index (χ1n) is 9.10. The van der Waals surface area contributed by atoms with Crippen molar-refractivity contribution in [1.82, 2.24) is 0 Å².